The number of hydrogen-bond donors (Lipinski definition) is 1. The van der Waals surface area contributed by atoms with E-state index in [2.05, 4.69) is 34.0 Å². The normalized spacial score (nSPS) is 27.3. The Bertz CT molecular complexity index is 284. The minimum atomic E-state index is 0.859. The lowest BCUT2D eigenvalue weighted by Gasteiger charge is -2.29. The second-order valence-electron chi connectivity index (χ2n) is 7.22. The van der Waals surface area contributed by atoms with Crippen LogP contribution in [0.5, 0.6) is 0 Å². The van der Waals surface area contributed by atoms with Crippen LogP contribution in [0.2, 0.25) is 0 Å². The largest absolute Gasteiger partial charge is 0.314 e. The highest BCUT2D eigenvalue weighted by atomic mass is 15.2. The lowest BCUT2D eigenvalue weighted by Crippen LogP contribution is -2.41. The molecular formula is C18H38N4. The van der Waals surface area contributed by atoms with Crippen molar-refractivity contribution in [3.8, 4) is 0 Å². The first-order chi connectivity index (χ1) is 10.8. The molecule has 0 spiro atoms. The van der Waals surface area contributed by atoms with Crippen molar-refractivity contribution in [2.75, 3.05) is 66.0 Å². The van der Waals surface area contributed by atoms with E-state index in [1.807, 2.05) is 0 Å². The van der Waals surface area contributed by atoms with Gasteiger partial charge in [-0.05, 0) is 71.9 Å². The van der Waals surface area contributed by atoms with Crippen LogP contribution < -0.4 is 5.32 Å². The summed E-state index contributed by atoms with van der Waals surface area (Å²) < 4.78 is 0. The van der Waals surface area contributed by atoms with Gasteiger partial charge in [0.2, 0.25) is 0 Å². The molecule has 0 aromatic carbocycles. The summed E-state index contributed by atoms with van der Waals surface area (Å²) in [5.41, 5.74) is 0. The first-order valence-corrected chi connectivity index (χ1v) is 9.65. The van der Waals surface area contributed by atoms with E-state index in [1.54, 1.807) is 0 Å². The van der Waals surface area contributed by atoms with Crippen molar-refractivity contribution < 1.29 is 0 Å². The smallest absolute Gasteiger partial charge is 0.0108 e. The highest BCUT2D eigenvalue weighted by Crippen LogP contribution is 2.21. The van der Waals surface area contributed by atoms with Crippen LogP contribution in [0.3, 0.4) is 0 Å². The van der Waals surface area contributed by atoms with Crippen LogP contribution in [-0.2, 0) is 0 Å². The Morgan fingerprint density at radius 2 is 1.82 bits per heavy atom. The van der Waals surface area contributed by atoms with Gasteiger partial charge in [0, 0.05) is 32.2 Å². The first kappa shape index (κ1) is 18.2. The highest BCUT2D eigenvalue weighted by molar-refractivity contribution is 4.80. The zero-order valence-electron chi connectivity index (χ0n) is 15.0. The molecule has 130 valence electrons. The molecule has 0 aromatic heterocycles. The Kier molecular flexibility index (Phi) is 8.75. The number of unbranched alkanes of at least 4 members (excludes halogenated alkanes) is 1. The molecular weight excluding hydrogens is 272 g/mol. The van der Waals surface area contributed by atoms with Gasteiger partial charge in [-0.1, -0.05) is 13.3 Å². The SMILES string of the molecule is CCCCN1CCCC1CCN1CCCN(C)CCNCC1. The van der Waals surface area contributed by atoms with E-state index in [-0.39, 0.29) is 0 Å². The van der Waals surface area contributed by atoms with Crippen LogP contribution in [0.25, 0.3) is 0 Å². The van der Waals surface area contributed by atoms with Gasteiger partial charge in [-0.15, -0.1) is 0 Å². The molecule has 2 heterocycles. The number of rotatable bonds is 6. The molecule has 0 aliphatic carbocycles. The van der Waals surface area contributed by atoms with Gasteiger partial charge >= 0.3 is 0 Å². The molecule has 4 heteroatoms. The molecule has 0 amide bonds. The third kappa shape index (κ3) is 6.53. The number of nitrogens with zero attached hydrogens (tertiary/aromatic N) is 3. The molecule has 2 fully saturated rings. The molecule has 2 aliphatic rings. The van der Waals surface area contributed by atoms with Crippen LogP contribution in [0.15, 0.2) is 0 Å². The van der Waals surface area contributed by atoms with Gasteiger partial charge in [0.15, 0.2) is 0 Å². The number of hydrogen-bond acceptors (Lipinski definition) is 4. The van der Waals surface area contributed by atoms with Crippen molar-refractivity contribution in [2.45, 2.75) is 51.5 Å². The van der Waals surface area contributed by atoms with Gasteiger partial charge in [-0.2, -0.15) is 0 Å². The van der Waals surface area contributed by atoms with Crippen molar-refractivity contribution in [2.24, 2.45) is 0 Å². The van der Waals surface area contributed by atoms with Crippen LogP contribution in [0.4, 0.5) is 0 Å². The summed E-state index contributed by atoms with van der Waals surface area (Å²) >= 11 is 0. The predicted molar refractivity (Wildman–Crippen MR) is 95.5 cm³/mol. The van der Waals surface area contributed by atoms with Crippen LogP contribution >= 0.6 is 0 Å². The summed E-state index contributed by atoms with van der Waals surface area (Å²) in [4.78, 5) is 7.92. The monoisotopic (exact) mass is 310 g/mol. The first-order valence-electron chi connectivity index (χ1n) is 9.65. The van der Waals surface area contributed by atoms with Crippen LogP contribution in [0, 0.1) is 0 Å². The third-order valence-corrected chi connectivity index (χ3v) is 5.37. The van der Waals surface area contributed by atoms with E-state index < -0.39 is 0 Å². The van der Waals surface area contributed by atoms with E-state index in [0.29, 0.717) is 0 Å². The third-order valence-electron chi connectivity index (χ3n) is 5.37. The molecule has 2 rings (SSSR count). The average Bonchev–Trinajstić information content (AvgIpc) is 2.97. The van der Waals surface area contributed by atoms with Crippen molar-refractivity contribution in [1.82, 2.24) is 20.0 Å². The van der Waals surface area contributed by atoms with E-state index in [4.69, 9.17) is 0 Å². The fourth-order valence-electron chi connectivity index (χ4n) is 3.85. The van der Waals surface area contributed by atoms with Crippen molar-refractivity contribution in [3.05, 3.63) is 0 Å². The molecule has 22 heavy (non-hydrogen) atoms. The molecule has 0 aromatic rings. The Labute approximate surface area is 138 Å². The van der Waals surface area contributed by atoms with E-state index >= 15 is 0 Å². The van der Waals surface area contributed by atoms with E-state index in [9.17, 15) is 0 Å². The summed E-state index contributed by atoms with van der Waals surface area (Å²) in [6.07, 6.45) is 8.24. The zero-order valence-corrected chi connectivity index (χ0v) is 15.0. The number of likely N-dealkylation sites (N-methyl/N-ethyl adjacent to an activating group) is 1. The summed E-state index contributed by atoms with van der Waals surface area (Å²) in [6, 6.07) is 0.859. The van der Waals surface area contributed by atoms with Gasteiger partial charge in [0.05, 0.1) is 0 Å². The Balaban J connectivity index is 1.71. The Hall–Kier alpha value is -0.160. The zero-order chi connectivity index (χ0) is 15.6. The van der Waals surface area contributed by atoms with E-state index in [1.165, 1.54) is 84.3 Å². The molecule has 4 nitrogen and oxygen atoms in total. The number of nitrogens with one attached hydrogen (secondary N) is 1. The minimum Gasteiger partial charge on any atom is -0.314 e. The fraction of sp³-hybridized carbons (Fsp3) is 1.00. The van der Waals surface area contributed by atoms with Gasteiger partial charge in [-0.25, -0.2) is 0 Å². The fourth-order valence-corrected chi connectivity index (χ4v) is 3.85. The lowest BCUT2D eigenvalue weighted by atomic mass is 10.1. The van der Waals surface area contributed by atoms with Gasteiger partial charge in [0.1, 0.15) is 0 Å². The van der Waals surface area contributed by atoms with Gasteiger partial charge < -0.3 is 20.0 Å². The van der Waals surface area contributed by atoms with Crippen LogP contribution in [-0.4, -0.2) is 86.7 Å². The summed E-state index contributed by atoms with van der Waals surface area (Å²) in [6.45, 7) is 13.5. The van der Waals surface area contributed by atoms with Crippen LogP contribution in [0.1, 0.15) is 45.4 Å². The second kappa shape index (κ2) is 10.6. The van der Waals surface area contributed by atoms with Crippen molar-refractivity contribution in [3.63, 3.8) is 0 Å². The second-order valence-corrected chi connectivity index (χ2v) is 7.22. The molecule has 2 saturated heterocycles. The Morgan fingerprint density at radius 1 is 0.955 bits per heavy atom. The lowest BCUT2D eigenvalue weighted by molar-refractivity contribution is 0.188. The summed E-state index contributed by atoms with van der Waals surface area (Å²) in [5.74, 6) is 0. The summed E-state index contributed by atoms with van der Waals surface area (Å²) in [5, 5.41) is 3.59. The maximum atomic E-state index is 3.59. The maximum Gasteiger partial charge on any atom is 0.0108 e. The Morgan fingerprint density at radius 3 is 2.68 bits per heavy atom. The van der Waals surface area contributed by atoms with Gasteiger partial charge in [-0.3, -0.25) is 0 Å². The topological polar surface area (TPSA) is 21.8 Å². The molecule has 1 unspecified atom stereocenters. The van der Waals surface area contributed by atoms with Gasteiger partial charge in [0.25, 0.3) is 0 Å². The number of likely N-dealkylation sites (tertiary alicyclic amines) is 1. The maximum absolute atomic E-state index is 3.59. The van der Waals surface area contributed by atoms with Crippen molar-refractivity contribution >= 4 is 0 Å². The highest BCUT2D eigenvalue weighted by Gasteiger charge is 2.24. The predicted octanol–water partition coefficient (Wildman–Crippen LogP) is 1.87. The quantitative estimate of drug-likeness (QED) is 0.808. The molecule has 0 bridgehead atoms. The molecule has 1 atom stereocenters. The average molecular weight is 311 g/mol. The standard InChI is InChI=1S/C18H38N4/c1-3-4-13-22-14-5-7-18(22)8-15-21-12-6-11-20(2)16-9-19-10-17-21/h18-19H,3-17H2,1-2H3. The molecule has 1 N–H and O–H groups in total. The molecule has 2 aliphatic heterocycles. The van der Waals surface area contributed by atoms with Crippen molar-refractivity contribution in [1.29, 1.82) is 0 Å². The van der Waals surface area contributed by atoms with E-state index in [0.717, 1.165) is 19.1 Å². The molecule has 0 radical (unpaired) electrons. The molecule has 0 saturated carbocycles. The summed E-state index contributed by atoms with van der Waals surface area (Å²) in [7, 11) is 2.25. The minimum absolute atomic E-state index is 0.859.